The Labute approximate surface area is 130 Å². The van der Waals surface area contributed by atoms with Crippen molar-refractivity contribution < 1.29 is 14.4 Å². The Bertz CT molecular complexity index is 531. The SMILES string of the molecule is CC(=O)Nc1ccc(C(=O)C2CCN(CCC=O)CC2)cc1. The van der Waals surface area contributed by atoms with Gasteiger partial charge in [0.15, 0.2) is 5.78 Å². The van der Waals surface area contributed by atoms with Gasteiger partial charge in [-0.05, 0) is 50.2 Å². The lowest BCUT2D eigenvalue weighted by atomic mass is 9.89. The van der Waals surface area contributed by atoms with Crippen LogP contribution in [0.1, 0.15) is 36.5 Å². The molecule has 0 atom stereocenters. The van der Waals surface area contributed by atoms with Gasteiger partial charge in [0, 0.05) is 37.1 Å². The standard InChI is InChI=1S/C17H22N2O3/c1-13(21)18-16-5-3-14(4-6-16)17(22)15-7-10-19(11-8-15)9-2-12-20/h3-6,12,15H,2,7-11H2,1H3,(H,18,21). The van der Waals surface area contributed by atoms with Crippen molar-refractivity contribution in [3.05, 3.63) is 29.8 Å². The quantitative estimate of drug-likeness (QED) is 0.646. The molecule has 2 rings (SSSR count). The Hall–Kier alpha value is -2.01. The number of carbonyl (C=O) groups excluding carboxylic acids is 3. The van der Waals surface area contributed by atoms with Crippen molar-refractivity contribution in [2.24, 2.45) is 5.92 Å². The number of piperidine rings is 1. The van der Waals surface area contributed by atoms with E-state index in [9.17, 15) is 14.4 Å². The van der Waals surface area contributed by atoms with Gasteiger partial charge in [0.2, 0.25) is 5.91 Å². The molecule has 0 aliphatic carbocycles. The molecule has 0 spiro atoms. The van der Waals surface area contributed by atoms with E-state index in [1.165, 1.54) is 6.92 Å². The van der Waals surface area contributed by atoms with Crippen LogP contribution in [0.4, 0.5) is 5.69 Å². The van der Waals surface area contributed by atoms with E-state index in [4.69, 9.17) is 0 Å². The molecule has 1 heterocycles. The molecule has 1 fully saturated rings. The minimum Gasteiger partial charge on any atom is -0.326 e. The fraction of sp³-hybridized carbons (Fsp3) is 0.471. The van der Waals surface area contributed by atoms with Crippen LogP contribution in [0.2, 0.25) is 0 Å². The molecule has 5 heteroatoms. The van der Waals surface area contributed by atoms with E-state index in [0.29, 0.717) is 17.7 Å². The van der Waals surface area contributed by atoms with Gasteiger partial charge in [-0.3, -0.25) is 9.59 Å². The number of ketones is 1. The summed E-state index contributed by atoms with van der Waals surface area (Å²) >= 11 is 0. The van der Waals surface area contributed by atoms with Crippen LogP contribution in [-0.2, 0) is 9.59 Å². The van der Waals surface area contributed by atoms with Gasteiger partial charge in [-0.2, -0.15) is 0 Å². The van der Waals surface area contributed by atoms with E-state index in [-0.39, 0.29) is 17.6 Å². The van der Waals surface area contributed by atoms with Crippen LogP contribution in [0.5, 0.6) is 0 Å². The average molecular weight is 302 g/mol. The molecule has 118 valence electrons. The van der Waals surface area contributed by atoms with E-state index < -0.39 is 0 Å². The number of benzene rings is 1. The maximum absolute atomic E-state index is 12.5. The summed E-state index contributed by atoms with van der Waals surface area (Å²) in [5, 5.41) is 2.69. The van der Waals surface area contributed by atoms with Gasteiger partial charge in [-0.15, -0.1) is 0 Å². The second kappa shape index (κ2) is 7.84. The van der Waals surface area contributed by atoms with Gasteiger partial charge in [0.1, 0.15) is 6.29 Å². The van der Waals surface area contributed by atoms with Gasteiger partial charge in [-0.25, -0.2) is 0 Å². The maximum atomic E-state index is 12.5. The Morgan fingerprint density at radius 1 is 1.23 bits per heavy atom. The van der Waals surface area contributed by atoms with Gasteiger partial charge in [-0.1, -0.05) is 0 Å². The zero-order valence-corrected chi connectivity index (χ0v) is 12.9. The number of Topliss-reactive ketones (excluding diaryl/α,β-unsaturated/α-hetero) is 1. The number of hydrogen-bond donors (Lipinski definition) is 1. The van der Waals surface area contributed by atoms with Crippen molar-refractivity contribution >= 4 is 23.7 Å². The van der Waals surface area contributed by atoms with Crippen LogP contribution in [-0.4, -0.2) is 42.5 Å². The summed E-state index contributed by atoms with van der Waals surface area (Å²) in [7, 11) is 0. The summed E-state index contributed by atoms with van der Waals surface area (Å²) in [4.78, 5) is 36.1. The summed E-state index contributed by atoms with van der Waals surface area (Å²) in [6.45, 7) is 3.98. The first-order chi connectivity index (χ1) is 10.6. The van der Waals surface area contributed by atoms with Crippen LogP contribution in [0, 0.1) is 5.92 Å². The minimum absolute atomic E-state index is 0.0547. The molecule has 0 saturated carbocycles. The van der Waals surface area contributed by atoms with Crippen LogP contribution in [0.25, 0.3) is 0 Å². The van der Waals surface area contributed by atoms with E-state index in [1.807, 2.05) is 0 Å². The van der Waals surface area contributed by atoms with E-state index >= 15 is 0 Å². The molecular weight excluding hydrogens is 280 g/mol. The maximum Gasteiger partial charge on any atom is 0.221 e. The number of rotatable bonds is 6. The number of likely N-dealkylation sites (tertiary alicyclic amines) is 1. The topological polar surface area (TPSA) is 66.5 Å². The molecule has 1 N–H and O–H groups in total. The molecule has 0 bridgehead atoms. The third-order valence-corrected chi connectivity index (χ3v) is 4.01. The van der Waals surface area contributed by atoms with E-state index in [0.717, 1.165) is 38.8 Å². The highest BCUT2D eigenvalue weighted by atomic mass is 16.1. The monoisotopic (exact) mass is 302 g/mol. The number of anilines is 1. The Morgan fingerprint density at radius 2 is 1.86 bits per heavy atom. The summed E-state index contributed by atoms with van der Waals surface area (Å²) in [6, 6.07) is 7.06. The molecule has 1 aliphatic heterocycles. The number of carbonyl (C=O) groups is 3. The van der Waals surface area contributed by atoms with Crippen LogP contribution >= 0.6 is 0 Å². The summed E-state index contributed by atoms with van der Waals surface area (Å²) in [5.74, 6) is 0.102. The highest BCUT2D eigenvalue weighted by Crippen LogP contribution is 2.22. The van der Waals surface area contributed by atoms with Crippen molar-refractivity contribution in [2.45, 2.75) is 26.2 Å². The van der Waals surface area contributed by atoms with Crippen molar-refractivity contribution in [3.8, 4) is 0 Å². The van der Waals surface area contributed by atoms with Crippen LogP contribution in [0.15, 0.2) is 24.3 Å². The number of aldehydes is 1. The van der Waals surface area contributed by atoms with E-state index in [2.05, 4.69) is 10.2 Å². The average Bonchev–Trinajstić information content (AvgIpc) is 2.53. The lowest BCUT2D eigenvalue weighted by Gasteiger charge is -2.30. The Balaban J connectivity index is 1.89. The molecule has 0 radical (unpaired) electrons. The zero-order valence-electron chi connectivity index (χ0n) is 12.9. The number of nitrogens with one attached hydrogen (secondary N) is 1. The van der Waals surface area contributed by atoms with Crippen molar-refractivity contribution in [3.63, 3.8) is 0 Å². The number of amides is 1. The molecule has 1 aromatic carbocycles. The Kier molecular flexibility index (Phi) is 5.83. The molecule has 1 saturated heterocycles. The highest BCUT2D eigenvalue weighted by Gasteiger charge is 2.25. The third kappa shape index (κ3) is 4.49. The van der Waals surface area contributed by atoms with Crippen molar-refractivity contribution in [1.29, 1.82) is 0 Å². The van der Waals surface area contributed by atoms with Gasteiger partial charge >= 0.3 is 0 Å². The van der Waals surface area contributed by atoms with Crippen LogP contribution in [0.3, 0.4) is 0 Å². The summed E-state index contributed by atoms with van der Waals surface area (Å²) in [5.41, 5.74) is 1.40. The van der Waals surface area contributed by atoms with Crippen molar-refractivity contribution in [1.82, 2.24) is 4.90 Å². The van der Waals surface area contributed by atoms with Gasteiger partial charge < -0.3 is 15.0 Å². The first kappa shape index (κ1) is 16.4. The second-order valence-electron chi connectivity index (χ2n) is 5.69. The summed E-state index contributed by atoms with van der Waals surface area (Å²) in [6.07, 6.45) is 3.17. The predicted molar refractivity (Wildman–Crippen MR) is 84.9 cm³/mol. The second-order valence-corrected chi connectivity index (χ2v) is 5.69. The first-order valence-electron chi connectivity index (χ1n) is 7.68. The molecule has 0 aromatic heterocycles. The molecule has 22 heavy (non-hydrogen) atoms. The fourth-order valence-electron chi connectivity index (χ4n) is 2.81. The van der Waals surface area contributed by atoms with E-state index in [1.54, 1.807) is 24.3 Å². The molecule has 0 unspecified atom stereocenters. The molecular formula is C17H22N2O3. The smallest absolute Gasteiger partial charge is 0.221 e. The predicted octanol–water partition coefficient (Wildman–Crippen LogP) is 2.13. The van der Waals surface area contributed by atoms with Gasteiger partial charge in [0.25, 0.3) is 0 Å². The molecule has 1 aromatic rings. The zero-order chi connectivity index (χ0) is 15.9. The normalized spacial score (nSPS) is 16.2. The van der Waals surface area contributed by atoms with Crippen molar-refractivity contribution in [2.75, 3.05) is 25.0 Å². The highest BCUT2D eigenvalue weighted by molar-refractivity contribution is 5.98. The number of hydrogen-bond acceptors (Lipinski definition) is 4. The lowest BCUT2D eigenvalue weighted by molar-refractivity contribution is -0.114. The fourth-order valence-corrected chi connectivity index (χ4v) is 2.81. The molecule has 5 nitrogen and oxygen atoms in total. The van der Waals surface area contributed by atoms with Crippen LogP contribution < -0.4 is 5.32 Å². The van der Waals surface area contributed by atoms with Gasteiger partial charge in [0.05, 0.1) is 0 Å². The largest absolute Gasteiger partial charge is 0.326 e. The molecule has 1 amide bonds. The first-order valence-corrected chi connectivity index (χ1v) is 7.68. The lowest BCUT2D eigenvalue weighted by Crippen LogP contribution is -2.37. The third-order valence-electron chi connectivity index (χ3n) is 4.01. The minimum atomic E-state index is -0.123. The molecule has 1 aliphatic rings. The summed E-state index contributed by atoms with van der Waals surface area (Å²) < 4.78 is 0. The number of nitrogens with zero attached hydrogens (tertiary/aromatic N) is 1. The Morgan fingerprint density at radius 3 is 2.41 bits per heavy atom.